The molecule has 2 saturated carbocycles. The van der Waals surface area contributed by atoms with Crippen LogP contribution < -0.4 is 0 Å². The molecule has 0 unspecified atom stereocenters. The number of ether oxygens (including phenoxy) is 1. The molecule has 1 saturated heterocycles. The summed E-state index contributed by atoms with van der Waals surface area (Å²) < 4.78 is 5.86. The SMILES string of the molecule is O=C(CSC1CCCCC1)N1CCO[C@H]2CCCC[C@H]21. The van der Waals surface area contributed by atoms with Gasteiger partial charge < -0.3 is 9.64 Å². The zero-order valence-electron chi connectivity index (χ0n) is 12.4. The second-order valence-corrected chi connectivity index (χ2v) is 7.71. The Bertz CT molecular complexity index is 328. The van der Waals surface area contributed by atoms with Crippen LogP contribution in [0.25, 0.3) is 0 Å². The lowest BCUT2D eigenvalue weighted by Gasteiger charge is -2.44. The zero-order chi connectivity index (χ0) is 13.8. The van der Waals surface area contributed by atoms with Gasteiger partial charge in [-0.05, 0) is 25.7 Å². The van der Waals surface area contributed by atoms with Crippen molar-refractivity contribution in [2.75, 3.05) is 18.9 Å². The summed E-state index contributed by atoms with van der Waals surface area (Å²) in [6.45, 7) is 1.55. The summed E-state index contributed by atoms with van der Waals surface area (Å²) >= 11 is 1.91. The molecule has 3 aliphatic rings. The van der Waals surface area contributed by atoms with Crippen molar-refractivity contribution in [2.45, 2.75) is 75.2 Å². The van der Waals surface area contributed by atoms with Gasteiger partial charge in [-0.3, -0.25) is 4.79 Å². The Morgan fingerprint density at radius 3 is 2.65 bits per heavy atom. The van der Waals surface area contributed by atoms with Crippen molar-refractivity contribution in [2.24, 2.45) is 0 Å². The first-order valence-electron chi connectivity index (χ1n) is 8.37. The molecule has 1 aliphatic heterocycles. The van der Waals surface area contributed by atoms with Crippen LogP contribution in [0, 0.1) is 0 Å². The molecule has 4 heteroatoms. The Balaban J connectivity index is 1.50. The predicted molar refractivity (Wildman–Crippen MR) is 83.0 cm³/mol. The van der Waals surface area contributed by atoms with Crippen molar-refractivity contribution in [1.82, 2.24) is 4.90 Å². The first-order chi connectivity index (χ1) is 9.84. The maximum absolute atomic E-state index is 12.5. The highest BCUT2D eigenvalue weighted by molar-refractivity contribution is 8.00. The minimum absolute atomic E-state index is 0.320. The van der Waals surface area contributed by atoms with Crippen molar-refractivity contribution in [3.05, 3.63) is 0 Å². The van der Waals surface area contributed by atoms with Gasteiger partial charge in [0.05, 0.1) is 24.5 Å². The molecule has 2 aliphatic carbocycles. The number of hydrogen-bond donors (Lipinski definition) is 0. The molecule has 3 nitrogen and oxygen atoms in total. The van der Waals surface area contributed by atoms with Gasteiger partial charge in [0.2, 0.25) is 5.91 Å². The van der Waals surface area contributed by atoms with Crippen molar-refractivity contribution in [1.29, 1.82) is 0 Å². The van der Waals surface area contributed by atoms with Gasteiger partial charge in [0.1, 0.15) is 0 Å². The second-order valence-electron chi connectivity index (χ2n) is 6.42. The van der Waals surface area contributed by atoms with E-state index in [1.54, 1.807) is 0 Å². The van der Waals surface area contributed by atoms with E-state index in [-0.39, 0.29) is 0 Å². The van der Waals surface area contributed by atoms with E-state index in [0.717, 1.165) is 31.2 Å². The van der Waals surface area contributed by atoms with E-state index in [1.807, 2.05) is 11.8 Å². The first-order valence-corrected chi connectivity index (χ1v) is 9.42. The monoisotopic (exact) mass is 297 g/mol. The number of nitrogens with zero attached hydrogens (tertiary/aromatic N) is 1. The maximum atomic E-state index is 12.5. The van der Waals surface area contributed by atoms with Crippen LogP contribution in [0.15, 0.2) is 0 Å². The number of thioether (sulfide) groups is 1. The molecular weight excluding hydrogens is 270 g/mol. The largest absolute Gasteiger partial charge is 0.374 e. The third-order valence-corrected chi connectivity index (χ3v) is 6.40. The van der Waals surface area contributed by atoms with Crippen LogP contribution in [-0.2, 0) is 9.53 Å². The minimum atomic E-state index is 0.320. The van der Waals surface area contributed by atoms with E-state index in [1.165, 1.54) is 44.9 Å². The molecule has 2 atom stereocenters. The highest BCUT2D eigenvalue weighted by Gasteiger charge is 2.36. The topological polar surface area (TPSA) is 29.5 Å². The van der Waals surface area contributed by atoms with Crippen LogP contribution in [0.1, 0.15) is 57.8 Å². The quantitative estimate of drug-likeness (QED) is 0.801. The third-order valence-electron chi connectivity index (χ3n) is 5.05. The smallest absolute Gasteiger partial charge is 0.232 e. The van der Waals surface area contributed by atoms with Gasteiger partial charge in [0.25, 0.3) is 0 Å². The summed E-state index contributed by atoms with van der Waals surface area (Å²) in [4.78, 5) is 14.7. The van der Waals surface area contributed by atoms with Gasteiger partial charge in [-0.25, -0.2) is 0 Å². The average Bonchev–Trinajstić information content (AvgIpc) is 2.53. The van der Waals surface area contributed by atoms with Gasteiger partial charge in [-0.2, -0.15) is 0 Å². The predicted octanol–water partition coefficient (Wildman–Crippen LogP) is 3.22. The lowest BCUT2D eigenvalue weighted by atomic mass is 9.90. The highest BCUT2D eigenvalue weighted by Crippen LogP contribution is 2.31. The highest BCUT2D eigenvalue weighted by atomic mass is 32.2. The Labute approximate surface area is 126 Å². The number of rotatable bonds is 3. The molecule has 0 N–H and O–H groups in total. The fraction of sp³-hybridized carbons (Fsp3) is 0.938. The number of carbonyl (C=O) groups is 1. The van der Waals surface area contributed by atoms with E-state index in [9.17, 15) is 4.79 Å². The molecule has 0 aromatic heterocycles. The molecule has 0 bridgehead atoms. The molecule has 3 rings (SSSR count). The van der Waals surface area contributed by atoms with Gasteiger partial charge in [0, 0.05) is 11.8 Å². The van der Waals surface area contributed by atoms with Crippen LogP contribution in [0.3, 0.4) is 0 Å². The number of amides is 1. The van der Waals surface area contributed by atoms with E-state index >= 15 is 0 Å². The molecule has 1 heterocycles. The summed E-state index contributed by atoms with van der Waals surface area (Å²) in [5.74, 6) is 1.05. The van der Waals surface area contributed by atoms with Crippen molar-refractivity contribution < 1.29 is 9.53 Å². The molecule has 3 fully saturated rings. The molecular formula is C16H27NO2S. The summed E-state index contributed by atoms with van der Waals surface area (Å²) in [7, 11) is 0. The summed E-state index contributed by atoms with van der Waals surface area (Å²) in [5, 5.41) is 0.732. The number of carbonyl (C=O) groups excluding carboxylic acids is 1. The van der Waals surface area contributed by atoms with Crippen LogP contribution in [-0.4, -0.2) is 47.1 Å². The van der Waals surface area contributed by atoms with E-state index in [0.29, 0.717) is 23.8 Å². The van der Waals surface area contributed by atoms with Crippen LogP contribution in [0.5, 0.6) is 0 Å². The lowest BCUT2D eigenvalue weighted by molar-refractivity contribution is -0.146. The van der Waals surface area contributed by atoms with E-state index in [4.69, 9.17) is 4.74 Å². The van der Waals surface area contributed by atoms with E-state index in [2.05, 4.69) is 4.90 Å². The van der Waals surface area contributed by atoms with Gasteiger partial charge in [-0.1, -0.05) is 32.1 Å². The fourth-order valence-corrected chi connectivity index (χ4v) is 5.12. The number of morpholine rings is 1. The Kier molecular flexibility index (Phi) is 5.27. The standard InChI is InChI=1S/C16H27NO2S/c18-16(12-20-13-6-2-1-3-7-13)17-10-11-19-15-9-5-4-8-14(15)17/h13-15H,1-12H2/t14-,15+/m1/s1. The van der Waals surface area contributed by atoms with Crippen molar-refractivity contribution >= 4 is 17.7 Å². The van der Waals surface area contributed by atoms with Crippen LogP contribution in [0.4, 0.5) is 0 Å². The molecule has 20 heavy (non-hydrogen) atoms. The van der Waals surface area contributed by atoms with Gasteiger partial charge in [-0.15, -0.1) is 11.8 Å². The maximum Gasteiger partial charge on any atom is 0.232 e. The molecule has 0 aromatic carbocycles. The number of fused-ring (bicyclic) bond motifs is 1. The Hall–Kier alpha value is -0.220. The molecule has 0 aromatic rings. The third kappa shape index (κ3) is 3.51. The van der Waals surface area contributed by atoms with Crippen LogP contribution in [0.2, 0.25) is 0 Å². The Morgan fingerprint density at radius 1 is 1.05 bits per heavy atom. The normalized spacial score (nSPS) is 31.9. The van der Waals surface area contributed by atoms with E-state index < -0.39 is 0 Å². The first kappa shape index (κ1) is 14.7. The van der Waals surface area contributed by atoms with Crippen LogP contribution >= 0.6 is 11.8 Å². The molecule has 1 amide bonds. The molecule has 0 radical (unpaired) electrons. The molecule has 114 valence electrons. The summed E-state index contributed by atoms with van der Waals surface area (Å²) in [5.41, 5.74) is 0. The fourth-order valence-electron chi connectivity index (χ4n) is 3.91. The molecule has 0 spiro atoms. The Morgan fingerprint density at radius 2 is 1.80 bits per heavy atom. The van der Waals surface area contributed by atoms with Crippen molar-refractivity contribution in [3.8, 4) is 0 Å². The van der Waals surface area contributed by atoms with Crippen molar-refractivity contribution in [3.63, 3.8) is 0 Å². The average molecular weight is 297 g/mol. The lowest BCUT2D eigenvalue weighted by Crippen LogP contribution is -2.55. The second kappa shape index (κ2) is 7.17. The van der Waals surface area contributed by atoms with Gasteiger partial charge in [0.15, 0.2) is 0 Å². The summed E-state index contributed by atoms with van der Waals surface area (Å²) in [6, 6.07) is 0.372. The zero-order valence-corrected chi connectivity index (χ0v) is 13.2. The summed E-state index contributed by atoms with van der Waals surface area (Å²) in [6.07, 6.45) is 11.8. The van der Waals surface area contributed by atoms with Gasteiger partial charge >= 0.3 is 0 Å². The number of hydrogen-bond acceptors (Lipinski definition) is 3. The minimum Gasteiger partial charge on any atom is -0.374 e.